The first-order valence-electron chi connectivity index (χ1n) is 6.66. The van der Waals surface area contributed by atoms with Crippen molar-refractivity contribution >= 4 is 11.9 Å². The Morgan fingerprint density at radius 2 is 1.90 bits per heavy atom. The van der Waals surface area contributed by atoms with Crippen molar-refractivity contribution in [3.05, 3.63) is 29.3 Å². The van der Waals surface area contributed by atoms with Crippen molar-refractivity contribution in [1.29, 1.82) is 0 Å². The molecule has 1 aromatic rings. The quantitative estimate of drug-likeness (QED) is 0.801. The van der Waals surface area contributed by atoms with Crippen LogP contribution in [-0.2, 0) is 9.59 Å². The molecular formula is C15H21NO4. The van der Waals surface area contributed by atoms with Gasteiger partial charge in [-0.25, -0.2) is 4.79 Å². The van der Waals surface area contributed by atoms with Crippen molar-refractivity contribution in [1.82, 2.24) is 5.32 Å². The van der Waals surface area contributed by atoms with Crippen molar-refractivity contribution in [2.45, 2.75) is 39.7 Å². The van der Waals surface area contributed by atoms with Gasteiger partial charge in [0.15, 0.2) is 6.61 Å². The second-order valence-electron chi connectivity index (χ2n) is 4.76. The van der Waals surface area contributed by atoms with E-state index < -0.39 is 17.9 Å². The lowest BCUT2D eigenvalue weighted by Gasteiger charge is -2.15. The lowest BCUT2D eigenvalue weighted by atomic mass is 10.1. The number of aliphatic carboxylic acids is 1. The molecule has 1 amide bonds. The van der Waals surface area contributed by atoms with E-state index >= 15 is 0 Å². The molecule has 0 saturated heterocycles. The SMILES string of the molecule is CCC[C@H](NC(=O)COc1c(C)cccc1C)C(=O)O. The van der Waals surface area contributed by atoms with Crippen molar-refractivity contribution < 1.29 is 19.4 Å². The maximum absolute atomic E-state index is 11.7. The smallest absolute Gasteiger partial charge is 0.326 e. The highest BCUT2D eigenvalue weighted by molar-refractivity contribution is 5.84. The fraction of sp³-hybridized carbons (Fsp3) is 0.467. The average molecular weight is 279 g/mol. The van der Waals surface area contributed by atoms with Crippen LogP contribution in [0.4, 0.5) is 0 Å². The number of hydrogen-bond donors (Lipinski definition) is 2. The molecule has 5 heteroatoms. The predicted molar refractivity (Wildman–Crippen MR) is 75.9 cm³/mol. The topological polar surface area (TPSA) is 75.6 Å². The summed E-state index contributed by atoms with van der Waals surface area (Å²) in [4.78, 5) is 22.7. The Bertz CT molecular complexity index is 465. The number of carboxylic acids is 1. The van der Waals surface area contributed by atoms with Crippen LogP contribution in [0.3, 0.4) is 0 Å². The molecule has 1 rings (SSSR count). The molecular weight excluding hydrogens is 258 g/mol. The van der Waals surface area contributed by atoms with Gasteiger partial charge in [0.25, 0.3) is 5.91 Å². The van der Waals surface area contributed by atoms with Crippen molar-refractivity contribution in [3.8, 4) is 5.75 Å². The summed E-state index contributed by atoms with van der Waals surface area (Å²) in [6.45, 7) is 5.49. The van der Waals surface area contributed by atoms with E-state index in [4.69, 9.17) is 9.84 Å². The molecule has 0 bridgehead atoms. The van der Waals surface area contributed by atoms with Gasteiger partial charge in [-0.1, -0.05) is 31.5 Å². The standard InChI is InChI=1S/C15H21NO4/c1-4-6-12(15(18)19)16-13(17)9-20-14-10(2)7-5-8-11(14)3/h5,7-8,12H,4,6,9H2,1-3H3,(H,16,17)(H,18,19)/t12-/m0/s1. The number of amides is 1. The molecule has 0 aliphatic heterocycles. The van der Waals surface area contributed by atoms with Gasteiger partial charge in [-0.2, -0.15) is 0 Å². The van der Waals surface area contributed by atoms with Crippen LogP contribution in [-0.4, -0.2) is 29.6 Å². The molecule has 0 saturated carbocycles. The Morgan fingerprint density at radius 3 is 2.40 bits per heavy atom. The molecule has 0 heterocycles. The minimum atomic E-state index is -1.02. The van der Waals surface area contributed by atoms with Crippen LogP contribution >= 0.6 is 0 Å². The summed E-state index contributed by atoms with van der Waals surface area (Å²) < 4.78 is 5.48. The number of ether oxygens (including phenoxy) is 1. The Morgan fingerprint density at radius 1 is 1.30 bits per heavy atom. The van der Waals surface area contributed by atoms with E-state index in [0.29, 0.717) is 18.6 Å². The molecule has 0 radical (unpaired) electrons. The van der Waals surface area contributed by atoms with Gasteiger partial charge in [-0.05, 0) is 31.4 Å². The number of para-hydroxylation sites is 1. The molecule has 110 valence electrons. The molecule has 20 heavy (non-hydrogen) atoms. The first kappa shape index (κ1) is 16.0. The van der Waals surface area contributed by atoms with E-state index in [0.717, 1.165) is 11.1 Å². The Labute approximate surface area is 118 Å². The van der Waals surface area contributed by atoms with Gasteiger partial charge in [0.05, 0.1) is 0 Å². The third-order valence-corrected chi connectivity index (χ3v) is 2.97. The largest absolute Gasteiger partial charge is 0.483 e. The second-order valence-corrected chi connectivity index (χ2v) is 4.76. The number of carbonyl (C=O) groups excluding carboxylic acids is 1. The number of carboxylic acid groups (broad SMARTS) is 1. The van der Waals surface area contributed by atoms with Crippen LogP contribution in [0, 0.1) is 13.8 Å². The van der Waals surface area contributed by atoms with E-state index in [-0.39, 0.29) is 6.61 Å². The molecule has 0 aromatic heterocycles. The molecule has 5 nitrogen and oxygen atoms in total. The maximum atomic E-state index is 11.7. The average Bonchev–Trinajstić information content (AvgIpc) is 2.37. The highest BCUT2D eigenvalue weighted by Crippen LogP contribution is 2.21. The maximum Gasteiger partial charge on any atom is 0.326 e. The van der Waals surface area contributed by atoms with E-state index in [1.165, 1.54) is 0 Å². The van der Waals surface area contributed by atoms with Crippen LogP contribution < -0.4 is 10.1 Å². The van der Waals surface area contributed by atoms with Crippen LogP contribution in [0.2, 0.25) is 0 Å². The van der Waals surface area contributed by atoms with Gasteiger partial charge in [-0.3, -0.25) is 4.79 Å². The molecule has 1 aromatic carbocycles. The number of aryl methyl sites for hydroxylation is 2. The molecule has 0 fully saturated rings. The number of rotatable bonds is 7. The molecule has 2 N–H and O–H groups in total. The van der Waals surface area contributed by atoms with E-state index in [9.17, 15) is 9.59 Å². The lowest BCUT2D eigenvalue weighted by molar-refractivity contribution is -0.142. The van der Waals surface area contributed by atoms with Gasteiger partial charge in [0, 0.05) is 0 Å². The molecule has 0 spiro atoms. The summed E-state index contributed by atoms with van der Waals surface area (Å²) in [6.07, 6.45) is 1.10. The first-order valence-corrected chi connectivity index (χ1v) is 6.66. The Kier molecular flexibility index (Phi) is 6.03. The van der Waals surface area contributed by atoms with E-state index in [1.807, 2.05) is 39.0 Å². The monoisotopic (exact) mass is 279 g/mol. The Hall–Kier alpha value is -2.04. The van der Waals surface area contributed by atoms with Crippen molar-refractivity contribution in [3.63, 3.8) is 0 Å². The van der Waals surface area contributed by atoms with Crippen molar-refractivity contribution in [2.24, 2.45) is 0 Å². The fourth-order valence-corrected chi connectivity index (χ4v) is 1.95. The minimum Gasteiger partial charge on any atom is -0.483 e. The third kappa shape index (κ3) is 4.57. The zero-order valence-corrected chi connectivity index (χ0v) is 12.1. The minimum absolute atomic E-state index is 0.181. The van der Waals surface area contributed by atoms with Gasteiger partial charge in [-0.15, -0.1) is 0 Å². The highest BCUT2D eigenvalue weighted by Gasteiger charge is 2.19. The van der Waals surface area contributed by atoms with Crippen LogP contribution in [0.5, 0.6) is 5.75 Å². The lowest BCUT2D eigenvalue weighted by Crippen LogP contribution is -2.42. The van der Waals surface area contributed by atoms with Crippen LogP contribution in [0.15, 0.2) is 18.2 Å². The summed E-state index contributed by atoms with van der Waals surface area (Å²) in [5, 5.41) is 11.4. The van der Waals surface area contributed by atoms with Crippen LogP contribution in [0.1, 0.15) is 30.9 Å². The second kappa shape index (κ2) is 7.53. The fourth-order valence-electron chi connectivity index (χ4n) is 1.95. The van der Waals surface area contributed by atoms with Gasteiger partial charge in [0.2, 0.25) is 0 Å². The van der Waals surface area contributed by atoms with E-state index in [2.05, 4.69) is 5.32 Å². The summed E-state index contributed by atoms with van der Waals surface area (Å²) in [5.74, 6) is -0.772. The van der Waals surface area contributed by atoms with Gasteiger partial charge < -0.3 is 15.2 Å². The summed E-state index contributed by atoms with van der Waals surface area (Å²) in [7, 11) is 0. The molecule has 0 unspecified atom stereocenters. The normalized spacial score (nSPS) is 11.8. The van der Waals surface area contributed by atoms with E-state index in [1.54, 1.807) is 0 Å². The molecule has 0 aliphatic rings. The number of hydrogen-bond acceptors (Lipinski definition) is 3. The van der Waals surface area contributed by atoms with Crippen molar-refractivity contribution in [2.75, 3.05) is 6.61 Å². The van der Waals surface area contributed by atoms with Gasteiger partial charge in [0.1, 0.15) is 11.8 Å². The van der Waals surface area contributed by atoms with Gasteiger partial charge >= 0.3 is 5.97 Å². The summed E-state index contributed by atoms with van der Waals surface area (Å²) >= 11 is 0. The molecule has 1 atom stereocenters. The summed E-state index contributed by atoms with van der Waals surface area (Å²) in [6, 6.07) is 4.86. The zero-order valence-electron chi connectivity index (χ0n) is 12.1. The highest BCUT2D eigenvalue weighted by atomic mass is 16.5. The number of carbonyl (C=O) groups is 2. The van der Waals surface area contributed by atoms with Crippen LogP contribution in [0.25, 0.3) is 0 Å². The first-order chi connectivity index (χ1) is 9.45. The summed E-state index contributed by atoms with van der Waals surface area (Å²) in [5.41, 5.74) is 1.89. The number of benzene rings is 1. The third-order valence-electron chi connectivity index (χ3n) is 2.97. The number of nitrogens with one attached hydrogen (secondary N) is 1. The zero-order chi connectivity index (χ0) is 15.1. The molecule has 0 aliphatic carbocycles. The predicted octanol–water partition coefficient (Wildman–Crippen LogP) is 2.05. The Balaban J connectivity index is 2.57.